The topological polar surface area (TPSA) is 66.2 Å². The Morgan fingerprint density at radius 3 is 2.59 bits per heavy atom. The molecule has 2 aromatic carbocycles. The summed E-state index contributed by atoms with van der Waals surface area (Å²) in [5.41, 5.74) is 0.0173. The molecule has 0 saturated heterocycles. The van der Waals surface area contributed by atoms with Gasteiger partial charge >= 0.3 is 0 Å². The molecule has 0 amide bonds. The third-order valence-electron chi connectivity index (χ3n) is 4.51. The molecule has 1 unspecified atom stereocenters. The number of hydrogen-bond donors (Lipinski definition) is 0. The van der Waals surface area contributed by atoms with Crippen LogP contribution in [0.25, 0.3) is 0 Å². The Morgan fingerprint density at radius 1 is 1.15 bits per heavy atom. The van der Waals surface area contributed by atoms with Gasteiger partial charge in [-0.15, -0.1) is 0 Å². The maximum Gasteiger partial charge on any atom is 0.198 e. The largest absolute Gasteiger partial charge is 0.611 e. The SMILES string of the molecule is O=C(c1cnoc1C1CC1)c1ccc(F)c(F)c1C[S+]([O-])c1ccccc1. The lowest BCUT2D eigenvalue weighted by Crippen LogP contribution is -2.14. The molecular weight excluding hydrogens is 372 g/mol. The fraction of sp³-hybridized carbons (Fsp3) is 0.200. The van der Waals surface area contributed by atoms with Crippen LogP contribution in [0.1, 0.15) is 46.0 Å². The number of nitrogens with zero attached hydrogens (tertiary/aromatic N) is 1. The van der Waals surface area contributed by atoms with Crippen molar-refractivity contribution < 1.29 is 22.7 Å². The molecule has 1 heterocycles. The molecule has 27 heavy (non-hydrogen) atoms. The van der Waals surface area contributed by atoms with Crippen molar-refractivity contribution in [3.8, 4) is 0 Å². The van der Waals surface area contributed by atoms with E-state index in [1.165, 1.54) is 12.3 Å². The monoisotopic (exact) mass is 387 g/mol. The molecule has 138 valence electrons. The second-order valence-electron chi connectivity index (χ2n) is 6.40. The standard InChI is InChI=1S/C20H15F2NO3S/c21-17-9-8-14(19(24)15-10-23-26-20(15)12-6-7-12)16(18(17)22)11-27(25)13-4-2-1-3-5-13/h1-5,8-10,12H,6-7,11H2. The highest BCUT2D eigenvalue weighted by Gasteiger charge is 2.34. The Morgan fingerprint density at radius 2 is 1.89 bits per heavy atom. The van der Waals surface area contributed by atoms with Crippen molar-refractivity contribution in [1.29, 1.82) is 0 Å². The number of ketones is 1. The van der Waals surface area contributed by atoms with E-state index in [2.05, 4.69) is 5.16 Å². The van der Waals surface area contributed by atoms with Crippen LogP contribution < -0.4 is 0 Å². The molecule has 0 radical (unpaired) electrons. The van der Waals surface area contributed by atoms with Crippen LogP contribution >= 0.6 is 0 Å². The van der Waals surface area contributed by atoms with Crippen LogP contribution in [0.15, 0.2) is 58.1 Å². The number of aromatic nitrogens is 1. The van der Waals surface area contributed by atoms with Crippen molar-refractivity contribution in [2.45, 2.75) is 29.4 Å². The predicted molar refractivity (Wildman–Crippen MR) is 94.8 cm³/mol. The first-order valence-electron chi connectivity index (χ1n) is 8.46. The minimum atomic E-state index is -1.63. The summed E-state index contributed by atoms with van der Waals surface area (Å²) in [5.74, 6) is -2.44. The minimum absolute atomic E-state index is 0.0247. The van der Waals surface area contributed by atoms with Gasteiger partial charge in [0, 0.05) is 11.5 Å². The second-order valence-corrected chi connectivity index (χ2v) is 7.85. The van der Waals surface area contributed by atoms with Crippen LogP contribution in [0, 0.1) is 11.6 Å². The molecule has 4 rings (SSSR count). The average Bonchev–Trinajstić information content (AvgIpc) is 3.42. The summed E-state index contributed by atoms with van der Waals surface area (Å²) >= 11 is -1.63. The van der Waals surface area contributed by atoms with E-state index in [1.54, 1.807) is 30.3 Å². The number of rotatable bonds is 6. The van der Waals surface area contributed by atoms with Crippen molar-refractivity contribution in [3.63, 3.8) is 0 Å². The lowest BCUT2D eigenvalue weighted by atomic mass is 9.98. The fourth-order valence-electron chi connectivity index (χ4n) is 2.94. The molecule has 1 fully saturated rings. The van der Waals surface area contributed by atoms with Crippen molar-refractivity contribution >= 4 is 17.0 Å². The van der Waals surface area contributed by atoms with Gasteiger partial charge in [-0.25, -0.2) is 8.78 Å². The lowest BCUT2D eigenvalue weighted by Gasteiger charge is -2.14. The molecule has 1 atom stereocenters. The molecule has 1 aromatic heterocycles. The summed E-state index contributed by atoms with van der Waals surface area (Å²) in [6.45, 7) is 0. The highest BCUT2D eigenvalue weighted by molar-refractivity contribution is 7.90. The van der Waals surface area contributed by atoms with Crippen LogP contribution in [-0.2, 0) is 16.9 Å². The molecule has 7 heteroatoms. The summed E-state index contributed by atoms with van der Waals surface area (Å²) in [6.07, 6.45) is 3.10. The zero-order chi connectivity index (χ0) is 19.0. The van der Waals surface area contributed by atoms with E-state index < -0.39 is 28.6 Å². The third-order valence-corrected chi connectivity index (χ3v) is 5.86. The predicted octanol–water partition coefficient (Wildman–Crippen LogP) is 4.37. The normalized spacial score (nSPS) is 14.9. The van der Waals surface area contributed by atoms with Gasteiger partial charge in [0.2, 0.25) is 0 Å². The van der Waals surface area contributed by atoms with E-state index in [9.17, 15) is 18.1 Å². The first-order valence-corrected chi connectivity index (χ1v) is 9.77. The van der Waals surface area contributed by atoms with E-state index in [1.807, 2.05) is 0 Å². The smallest absolute Gasteiger partial charge is 0.198 e. The van der Waals surface area contributed by atoms with Gasteiger partial charge < -0.3 is 9.08 Å². The van der Waals surface area contributed by atoms with Crippen LogP contribution in [0.4, 0.5) is 8.78 Å². The highest BCUT2D eigenvalue weighted by atomic mass is 32.2. The van der Waals surface area contributed by atoms with E-state index in [0.29, 0.717) is 10.7 Å². The van der Waals surface area contributed by atoms with Crippen LogP contribution in [0.5, 0.6) is 0 Å². The molecule has 3 aromatic rings. The molecule has 0 bridgehead atoms. The fourth-order valence-corrected chi connectivity index (χ4v) is 4.11. The van der Waals surface area contributed by atoms with Gasteiger partial charge in [0.05, 0.1) is 17.3 Å². The first kappa shape index (κ1) is 17.9. The quantitative estimate of drug-likeness (QED) is 0.465. The number of carbonyl (C=O) groups is 1. The van der Waals surface area contributed by atoms with E-state index >= 15 is 0 Å². The van der Waals surface area contributed by atoms with Crippen molar-refractivity contribution in [1.82, 2.24) is 5.16 Å². The summed E-state index contributed by atoms with van der Waals surface area (Å²) in [6, 6.07) is 10.6. The number of benzene rings is 2. The highest BCUT2D eigenvalue weighted by Crippen LogP contribution is 2.42. The Bertz CT molecular complexity index is 986. The second kappa shape index (κ2) is 7.25. The first-order chi connectivity index (χ1) is 13.1. The number of halogens is 2. The van der Waals surface area contributed by atoms with Crippen LogP contribution in [-0.4, -0.2) is 15.5 Å². The summed E-state index contributed by atoms with van der Waals surface area (Å²) in [7, 11) is 0. The maximum absolute atomic E-state index is 14.5. The molecule has 1 aliphatic rings. The van der Waals surface area contributed by atoms with Gasteiger partial charge in [-0.3, -0.25) is 4.79 Å². The molecule has 1 aliphatic carbocycles. The summed E-state index contributed by atoms with van der Waals surface area (Å²) in [5, 5.41) is 3.68. The molecule has 1 saturated carbocycles. The van der Waals surface area contributed by atoms with Gasteiger partial charge in [-0.1, -0.05) is 23.4 Å². The number of hydrogen-bond acceptors (Lipinski definition) is 4. The molecule has 4 nitrogen and oxygen atoms in total. The van der Waals surface area contributed by atoms with Crippen molar-refractivity contribution in [3.05, 3.63) is 82.7 Å². The summed E-state index contributed by atoms with van der Waals surface area (Å²) in [4.78, 5) is 13.4. The number of carbonyl (C=O) groups excluding carboxylic acids is 1. The summed E-state index contributed by atoms with van der Waals surface area (Å²) < 4.78 is 46.1. The molecule has 0 aliphatic heterocycles. The van der Waals surface area contributed by atoms with Gasteiger partial charge in [0.1, 0.15) is 5.75 Å². The van der Waals surface area contributed by atoms with Gasteiger partial charge in [-0.2, -0.15) is 0 Å². The van der Waals surface area contributed by atoms with Crippen LogP contribution in [0.3, 0.4) is 0 Å². The zero-order valence-corrected chi connectivity index (χ0v) is 15.0. The lowest BCUT2D eigenvalue weighted by molar-refractivity contribution is 0.103. The maximum atomic E-state index is 14.5. The van der Waals surface area contributed by atoms with Crippen LogP contribution in [0.2, 0.25) is 0 Å². The average molecular weight is 387 g/mol. The molecule has 0 spiro atoms. The Hall–Kier alpha value is -2.51. The Labute approximate surface area is 157 Å². The molecule has 0 N–H and O–H groups in total. The minimum Gasteiger partial charge on any atom is -0.611 e. The Kier molecular flexibility index (Phi) is 4.80. The van der Waals surface area contributed by atoms with Gasteiger partial charge in [0.15, 0.2) is 28.1 Å². The van der Waals surface area contributed by atoms with Crippen molar-refractivity contribution in [2.75, 3.05) is 0 Å². The molecular formula is C20H15F2NO3S. The van der Waals surface area contributed by atoms with E-state index in [4.69, 9.17) is 4.52 Å². The van der Waals surface area contributed by atoms with Gasteiger partial charge in [-0.05, 0) is 48.3 Å². The zero-order valence-electron chi connectivity index (χ0n) is 14.2. The van der Waals surface area contributed by atoms with E-state index in [0.717, 1.165) is 18.9 Å². The Balaban J connectivity index is 1.72. The van der Waals surface area contributed by atoms with Crippen molar-refractivity contribution in [2.24, 2.45) is 0 Å². The third kappa shape index (κ3) is 3.52. The van der Waals surface area contributed by atoms with Gasteiger partial charge in [0.25, 0.3) is 0 Å². The van der Waals surface area contributed by atoms with E-state index in [-0.39, 0.29) is 28.4 Å².